The minimum Gasteiger partial charge on any atom is -0.484 e. The van der Waals surface area contributed by atoms with Gasteiger partial charge in [-0.05, 0) is 19.4 Å². The van der Waals surface area contributed by atoms with Gasteiger partial charge in [-0.15, -0.1) is 0 Å². The summed E-state index contributed by atoms with van der Waals surface area (Å²) in [5, 5.41) is 30.2. The number of ether oxygens (including phenoxy) is 1. The van der Waals surface area contributed by atoms with Gasteiger partial charge in [0.05, 0.1) is 17.1 Å². The molecule has 0 aliphatic carbocycles. The molecule has 0 bridgehead atoms. The van der Waals surface area contributed by atoms with E-state index in [1.807, 2.05) is 0 Å². The van der Waals surface area contributed by atoms with Crippen molar-refractivity contribution in [3.05, 3.63) is 32.3 Å². The molecule has 0 saturated heterocycles. The number of nitro groups is 1. The Morgan fingerprint density at radius 1 is 1.47 bits per heavy atom. The van der Waals surface area contributed by atoms with Gasteiger partial charge in [0.15, 0.2) is 0 Å². The molecule has 0 aliphatic rings. The van der Waals surface area contributed by atoms with Crippen molar-refractivity contribution in [2.24, 2.45) is 0 Å². The highest BCUT2D eigenvalue weighted by atomic mass is 79.9. The highest BCUT2D eigenvalue weighted by Gasteiger charge is 2.23. The smallest absolute Gasteiger partial charge is 0.312 e. The number of hydrogen-bond donors (Lipinski definition) is 2. The van der Waals surface area contributed by atoms with Crippen LogP contribution in [-0.2, 0) is 0 Å². The molecule has 2 atom stereocenters. The third kappa shape index (κ3) is 4.15. The molecule has 0 spiro atoms. The first-order chi connectivity index (χ1) is 8.86. The van der Waals surface area contributed by atoms with E-state index < -0.39 is 17.1 Å². The third-order valence-corrected chi connectivity index (χ3v) is 3.06. The molecule has 1 aromatic carbocycles. The molecule has 0 heterocycles. The predicted octanol–water partition coefficient (Wildman–Crippen LogP) is 2.56. The number of aliphatic hydroxyl groups excluding tert-OH is 2. The quantitative estimate of drug-likeness (QED) is 0.616. The van der Waals surface area contributed by atoms with Gasteiger partial charge in [-0.25, -0.2) is 0 Å². The van der Waals surface area contributed by atoms with Crippen LogP contribution in [0.1, 0.15) is 31.9 Å². The second kappa shape index (κ2) is 6.83. The second-order valence-electron chi connectivity index (χ2n) is 4.15. The van der Waals surface area contributed by atoms with Crippen molar-refractivity contribution < 1.29 is 19.9 Å². The summed E-state index contributed by atoms with van der Waals surface area (Å²) in [5.74, 6) is -0.00398. The van der Waals surface area contributed by atoms with Gasteiger partial charge in [0.25, 0.3) is 0 Å². The number of hydrogen-bond acceptors (Lipinski definition) is 5. The fourth-order valence-electron chi connectivity index (χ4n) is 1.50. The lowest BCUT2D eigenvalue weighted by Crippen LogP contribution is -2.17. The second-order valence-corrected chi connectivity index (χ2v) is 5.07. The SMILES string of the molecule is CCC(O)COc1c([C@H](C)O)cc(Br)cc1[N+](=O)[O-]. The Hall–Kier alpha value is -1.18. The normalized spacial score (nSPS) is 13.9. The molecule has 1 aromatic rings. The van der Waals surface area contributed by atoms with Crippen LogP contribution in [-0.4, -0.2) is 27.8 Å². The molecule has 19 heavy (non-hydrogen) atoms. The third-order valence-electron chi connectivity index (χ3n) is 2.60. The summed E-state index contributed by atoms with van der Waals surface area (Å²) in [5.41, 5.74) is 0.0676. The predicted molar refractivity (Wildman–Crippen MR) is 73.2 cm³/mol. The van der Waals surface area contributed by atoms with Crippen LogP contribution in [0.3, 0.4) is 0 Å². The Kier molecular flexibility index (Phi) is 5.71. The Morgan fingerprint density at radius 2 is 2.11 bits per heavy atom. The van der Waals surface area contributed by atoms with Gasteiger partial charge in [0.1, 0.15) is 6.61 Å². The van der Waals surface area contributed by atoms with Crippen molar-refractivity contribution in [1.82, 2.24) is 0 Å². The van der Waals surface area contributed by atoms with Gasteiger partial charge in [0.2, 0.25) is 5.75 Å². The van der Waals surface area contributed by atoms with Crippen molar-refractivity contribution in [3.8, 4) is 5.75 Å². The first-order valence-corrected chi connectivity index (χ1v) is 6.62. The zero-order valence-electron chi connectivity index (χ0n) is 10.7. The summed E-state index contributed by atoms with van der Waals surface area (Å²) >= 11 is 3.16. The maximum Gasteiger partial charge on any atom is 0.312 e. The zero-order chi connectivity index (χ0) is 14.6. The molecule has 1 rings (SSSR count). The summed E-state index contributed by atoms with van der Waals surface area (Å²) in [6.07, 6.45) is -1.14. The van der Waals surface area contributed by atoms with E-state index in [0.29, 0.717) is 16.5 Å². The Labute approximate surface area is 119 Å². The molecule has 106 valence electrons. The number of nitrogens with zero attached hydrogens (tertiary/aromatic N) is 1. The van der Waals surface area contributed by atoms with Gasteiger partial charge < -0.3 is 14.9 Å². The van der Waals surface area contributed by atoms with E-state index in [1.54, 1.807) is 13.0 Å². The molecule has 1 unspecified atom stereocenters. The van der Waals surface area contributed by atoms with Crippen molar-refractivity contribution in [1.29, 1.82) is 0 Å². The Morgan fingerprint density at radius 3 is 2.58 bits per heavy atom. The lowest BCUT2D eigenvalue weighted by Gasteiger charge is -2.16. The zero-order valence-corrected chi connectivity index (χ0v) is 12.3. The maximum atomic E-state index is 11.0. The Balaban J connectivity index is 3.19. The van der Waals surface area contributed by atoms with Crippen LogP contribution in [0.15, 0.2) is 16.6 Å². The molecule has 0 aromatic heterocycles. The largest absolute Gasteiger partial charge is 0.484 e. The lowest BCUT2D eigenvalue weighted by molar-refractivity contribution is -0.386. The Bertz CT molecular complexity index is 464. The van der Waals surface area contributed by atoms with Gasteiger partial charge in [-0.3, -0.25) is 10.1 Å². The number of halogens is 1. The number of benzene rings is 1. The fourth-order valence-corrected chi connectivity index (χ4v) is 1.96. The molecule has 7 heteroatoms. The average Bonchev–Trinajstić information content (AvgIpc) is 2.35. The topological polar surface area (TPSA) is 92.8 Å². The molecule has 6 nitrogen and oxygen atoms in total. The molecule has 2 N–H and O–H groups in total. The first-order valence-electron chi connectivity index (χ1n) is 5.83. The minimum absolute atomic E-state index is 0.00398. The maximum absolute atomic E-state index is 11.0. The number of rotatable bonds is 6. The summed E-state index contributed by atoms with van der Waals surface area (Å²) in [6.45, 7) is 3.22. The summed E-state index contributed by atoms with van der Waals surface area (Å²) < 4.78 is 5.81. The number of nitro benzene ring substituents is 1. The molecular weight excluding hydrogens is 318 g/mol. The van der Waals surface area contributed by atoms with Crippen LogP contribution < -0.4 is 4.74 Å². The van der Waals surface area contributed by atoms with Crippen LogP contribution in [0.4, 0.5) is 5.69 Å². The van der Waals surface area contributed by atoms with Crippen LogP contribution >= 0.6 is 15.9 Å². The first kappa shape index (κ1) is 15.9. The van der Waals surface area contributed by atoms with E-state index in [2.05, 4.69) is 15.9 Å². The van der Waals surface area contributed by atoms with E-state index >= 15 is 0 Å². The lowest BCUT2D eigenvalue weighted by atomic mass is 10.1. The van der Waals surface area contributed by atoms with Crippen molar-refractivity contribution >= 4 is 21.6 Å². The van der Waals surface area contributed by atoms with Crippen molar-refractivity contribution in [2.75, 3.05) is 6.61 Å². The van der Waals surface area contributed by atoms with Crippen molar-refractivity contribution in [3.63, 3.8) is 0 Å². The van der Waals surface area contributed by atoms with Crippen LogP contribution in [0.25, 0.3) is 0 Å². The van der Waals surface area contributed by atoms with E-state index in [4.69, 9.17) is 4.74 Å². The molecule has 0 aliphatic heterocycles. The molecule has 0 radical (unpaired) electrons. The minimum atomic E-state index is -0.912. The van der Waals surface area contributed by atoms with E-state index in [0.717, 1.165) is 0 Å². The van der Waals surface area contributed by atoms with E-state index in [-0.39, 0.29) is 18.0 Å². The van der Waals surface area contributed by atoms with E-state index in [9.17, 15) is 20.3 Å². The monoisotopic (exact) mass is 333 g/mol. The molecule has 0 saturated carbocycles. The molecular formula is C12H16BrNO5. The standard InChI is InChI=1S/C12H16BrNO5/c1-3-9(16)6-19-12-10(7(2)15)4-8(13)5-11(12)14(17)18/h4-5,7,9,15-16H,3,6H2,1-2H3/t7-,9?/m0/s1. The molecule has 0 fully saturated rings. The molecule has 0 amide bonds. The van der Waals surface area contributed by atoms with Crippen molar-refractivity contribution in [2.45, 2.75) is 32.5 Å². The van der Waals surface area contributed by atoms with Gasteiger partial charge in [0, 0.05) is 16.1 Å². The number of aliphatic hydroxyl groups is 2. The summed E-state index contributed by atoms with van der Waals surface area (Å²) in [6, 6.07) is 2.87. The summed E-state index contributed by atoms with van der Waals surface area (Å²) in [4.78, 5) is 10.4. The van der Waals surface area contributed by atoms with Crippen LogP contribution in [0.5, 0.6) is 5.75 Å². The van der Waals surface area contributed by atoms with Gasteiger partial charge in [-0.2, -0.15) is 0 Å². The highest BCUT2D eigenvalue weighted by molar-refractivity contribution is 9.10. The fraction of sp³-hybridized carbons (Fsp3) is 0.500. The van der Waals surface area contributed by atoms with E-state index in [1.165, 1.54) is 13.0 Å². The highest BCUT2D eigenvalue weighted by Crippen LogP contribution is 2.37. The van der Waals surface area contributed by atoms with Gasteiger partial charge in [-0.1, -0.05) is 22.9 Å². The van der Waals surface area contributed by atoms with Gasteiger partial charge >= 0.3 is 5.69 Å². The summed E-state index contributed by atoms with van der Waals surface area (Å²) in [7, 11) is 0. The van der Waals surface area contributed by atoms with Crippen LogP contribution in [0.2, 0.25) is 0 Å². The van der Waals surface area contributed by atoms with Crippen LogP contribution in [0, 0.1) is 10.1 Å². The average molecular weight is 334 g/mol.